The molecule has 0 bridgehead atoms. The normalized spacial score (nSPS) is 11.1. The molecule has 0 fully saturated rings. The zero-order chi connectivity index (χ0) is 24.3. The summed E-state index contributed by atoms with van der Waals surface area (Å²) in [6.07, 6.45) is 0. The van der Waals surface area contributed by atoms with E-state index in [1.807, 2.05) is 0 Å². The topological polar surface area (TPSA) is 118 Å². The second-order valence-electron chi connectivity index (χ2n) is 7.01. The summed E-state index contributed by atoms with van der Waals surface area (Å²) in [5.74, 6) is 0.771. The van der Waals surface area contributed by atoms with E-state index in [4.69, 9.17) is 14.0 Å². The molecule has 4 rings (SSSR count). The highest BCUT2D eigenvalue weighted by Gasteiger charge is 2.25. The minimum absolute atomic E-state index is 0.00670. The number of ether oxygens (including phenoxy) is 3. The molecule has 3 aromatic carbocycles. The monoisotopic (exact) mass is 480 g/mol. The Labute approximate surface area is 195 Å². The van der Waals surface area contributed by atoms with Gasteiger partial charge in [0.15, 0.2) is 11.5 Å². The van der Waals surface area contributed by atoms with Crippen molar-refractivity contribution in [1.29, 1.82) is 0 Å². The second-order valence-corrected chi connectivity index (χ2v) is 8.93. The summed E-state index contributed by atoms with van der Waals surface area (Å²) in [5, 5.41) is 4.00. The molecule has 0 amide bonds. The highest BCUT2D eigenvalue weighted by molar-refractivity contribution is 7.91. The first-order valence-electron chi connectivity index (χ1n) is 9.98. The predicted octanol–water partition coefficient (Wildman–Crippen LogP) is 4.04. The molecular formula is C24H20N2O7S. The van der Waals surface area contributed by atoms with Crippen molar-refractivity contribution in [2.24, 2.45) is 0 Å². The first-order chi connectivity index (χ1) is 16.4. The molecule has 0 aliphatic heterocycles. The molecular weight excluding hydrogens is 460 g/mol. The number of carbonyl (C=O) groups is 1. The molecule has 1 aromatic heterocycles. The molecule has 0 aliphatic carbocycles. The van der Waals surface area contributed by atoms with Gasteiger partial charge in [0.25, 0.3) is 5.89 Å². The van der Waals surface area contributed by atoms with Gasteiger partial charge in [-0.25, -0.2) is 13.2 Å². The van der Waals surface area contributed by atoms with E-state index in [1.165, 1.54) is 51.7 Å². The molecule has 0 atom stereocenters. The van der Waals surface area contributed by atoms with E-state index in [9.17, 15) is 13.2 Å². The Bertz CT molecular complexity index is 1440. The summed E-state index contributed by atoms with van der Waals surface area (Å²) in [7, 11) is 0.344. The Hall–Kier alpha value is -4.18. The van der Waals surface area contributed by atoms with Gasteiger partial charge in [0, 0.05) is 5.56 Å². The van der Waals surface area contributed by atoms with Crippen molar-refractivity contribution in [1.82, 2.24) is 10.1 Å². The third-order valence-corrected chi connectivity index (χ3v) is 6.89. The number of sulfone groups is 1. The number of carbonyl (C=O) groups excluding carboxylic acids is 1. The number of benzene rings is 3. The van der Waals surface area contributed by atoms with E-state index < -0.39 is 15.8 Å². The van der Waals surface area contributed by atoms with Gasteiger partial charge in [-0.2, -0.15) is 4.98 Å². The Kier molecular flexibility index (Phi) is 6.33. The molecule has 9 nitrogen and oxygen atoms in total. The lowest BCUT2D eigenvalue weighted by Crippen LogP contribution is -2.06. The van der Waals surface area contributed by atoms with E-state index >= 15 is 0 Å². The Morgan fingerprint density at radius 1 is 0.882 bits per heavy atom. The number of methoxy groups -OCH3 is 3. The molecule has 174 valence electrons. The largest absolute Gasteiger partial charge is 0.493 e. The first-order valence-corrected chi connectivity index (χ1v) is 11.5. The van der Waals surface area contributed by atoms with E-state index in [0.717, 1.165) is 0 Å². The SMILES string of the molecule is COC(=O)c1ccc(S(=O)(=O)c2ccccc2-c2nc(-c3ccc(OC)c(OC)c3)no2)cc1. The molecule has 4 aromatic rings. The Balaban J connectivity index is 1.73. The summed E-state index contributed by atoms with van der Waals surface area (Å²) in [6.45, 7) is 0. The zero-order valence-electron chi connectivity index (χ0n) is 18.5. The minimum Gasteiger partial charge on any atom is -0.493 e. The van der Waals surface area contributed by atoms with Crippen molar-refractivity contribution < 1.29 is 31.9 Å². The number of rotatable bonds is 7. The second kappa shape index (κ2) is 9.36. The van der Waals surface area contributed by atoms with Crippen molar-refractivity contribution in [2.45, 2.75) is 9.79 Å². The van der Waals surface area contributed by atoms with Crippen LogP contribution in [0.4, 0.5) is 0 Å². The van der Waals surface area contributed by atoms with Gasteiger partial charge in [0.1, 0.15) is 0 Å². The lowest BCUT2D eigenvalue weighted by Gasteiger charge is -2.09. The van der Waals surface area contributed by atoms with Crippen LogP contribution in [-0.2, 0) is 14.6 Å². The fourth-order valence-electron chi connectivity index (χ4n) is 3.32. The van der Waals surface area contributed by atoms with Crippen molar-refractivity contribution in [3.63, 3.8) is 0 Å². The average Bonchev–Trinajstić information content (AvgIpc) is 3.38. The highest BCUT2D eigenvalue weighted by atomic mass is 32.2. The van der Waals surface area contributed by atoms with Crippen molar-refractivity contribution in [3.8, 4) is 34.3 Å². The summed E-state index contributed by atoms with van der Waals surface area (Å²) in [4.78, 5) is 16.1. The number of esters is 1. The van der Waals surface area contributed by atoms with E-state index in [-0.39, 0.29) is 32.6 Å². The fourth-order valence-corrected chi connectivity index (χ4v) is 4.77. The molecule has 0 unspecified atom stereocenters. The fraction of sp³-hybridized carbons (Fsp3) is 0.125. The smallest absolute Gasteiger partial charge is 0.337 e. The third-order valence-electron chi connectivity index (χ3n) is 5.06. The molecule has 0 N–H and O–H groups in total. The molecule has 1 heterocycles. The summed E-state index contributed by atoms with van der Waals surface area (Å²) < 4.78 is 47.4. The highest BCUT2D eigenvalue weighted by Crippen LogP contribution is 2.34. The maximum absolute atomic E-state index is 13.4. The van der Waals surface area contributed by atoms with Gasteiger partial charge in [0.2, 0.25) is 15.7 Å². The van der Waals surface area contributed by atoms with Crippen LogP contribution < -0.4 is 9.47 Å². The molecule has 0 saturated heterocycles. The number of nitrogens with zero attached hydrogens (tertiary/aromatic N) is 2. The molecule has 0 saturated carbocycles. The number of hydrogen-bond donors (Lipinski definition) is 0. The zero-order valence-corrected chi connectivity index (χ0v) is 19.3. The van der Waals surface area contributed by atoms with E-state index in [0.29, 0.717) is 17.1 Å². The van der Waals surface area contributed by atoms with Crippen molar-refractivity contribution in [3.05, 3.63) is 72.3 Å². The molecule has 0 spiro atoms. The summed E-state index contributed by atoms with van der Waals surface area (Å²) >= 11 is 0. The number of hydrogen-bond acceptors (Lipinski definition) is 9. The van der Waals surface area contributed by atoms with E-state index in [2.05, 4.69) is 14.9 Å². The van der Waals surface area contributed by atoms with Crippen LogP contribution in [0.3, 0.4) is 0 Å². The van der Waals surface area contributed by atoms with Crippen LogP contribution in [-0.4, -0.2) is 45.9 Å². The lowest BCUT2D eigenvalue weighted by molar-refractivity contribution is 0.0600. The van der Waals surface area contributed by atoms with Gasteiger partial charge in [-0.05, 0) is 54.6 Å². The van der Waals surface area contributed by atoms with Crippen LogP contribution in [0.25, 0.3) is 22.8 Å². The maximum Gasteiger partial charge on any atom is 0.337 e. The quantitative estimate of drug-likeness (QED) is 0.361. The average molecular weight is 480 g/mol. The lowest BCUT2D eigenvalue weighted by atomic mass is 10.2. The van der Waals surface area contributed by atoms with Gasteiger partial charge in [-0.3, -0.25) is 0 Å². The Morgan fingerprint density at radius 3 is 2.26 bits per heavy atom. The Morgan fingerprint density at radius 2 is 1.59 bits per heavy atom. The van der Waals surface area contributed by atoms with Crippen molar-refractivity contribution in [2.75, 3.05) is 21.3 Å². The molecule has 0 aliphatic rings. The standard InChI is InChI=1S/C24H20N2O7S/c1-30-19-13-10-16(14-20(19)31-2)22-25-23(33-26-22)18-6-4-5-7-21(18)34(28,29)17-11-8-15(9-12-17)24(27)32-3/h4-14H,1-3H3. The third kappa shape index (κ3) is 4.23. The molecule has 0 radical (unpaired) electrons. The first kappa shape index (κ1) is 23.0. The van der Waals surface area contributed by atoms with Crippen LogP contribution >= 0.6 is 0 Å². The van der Waals surface area contributed by atoms with Gasteiger partial charge < -0.3 is 18.7 Å². The summed E-state index contributed by atoms with van der Waals surface area (Å²) in [5.41, 5.74) is 1.09. The van der Waals surface area contributed by atoms with Crippen LogP contribution in [0.2, 0.25) is 0 Å². The molecule has 34 heavy (non-hydrogen) atoms. The predicted molar refractivity (Wildman–Crippen MR) is 122 cm³/mol. The molecule has 10 heteroatoms. The van der Waals surface area contributed by atoms with Crippen LogP contribution in [0.5, 0.6) is 11.5 Å². The van der Waals surface area contributed by atoms with Gasteiger partial charge in [-0.1, -0.05) is 17.3 Å². The maximum atomic E-state index is 13.4. The van der Waals surface area contributed by atoms with Gasteiger partial charge in [-0.15, -0.1) is 0 Å². The van der Waals surface area contributed by atoms with Crippen LogP contribution in [0, 0.1) is 0 Å². The van der Waals surface area contributed by atoms with Crippen molar-refractivity contribution >= 4 is 15.8 Å². The van der Waals surface area contributed by atoms with Gasteiger partial charge >= 0.3 is 5.97 Å². The summed E-state index contributed by atoms with van der Waals surface area (Å²) in [6, 6.07) is 16.9. The van der Waals surface area contributed by atoms with E-state index in [1.54, 1.807) is 36.4 Å². The van der Waals surface area contributed by atoms with Gasteiger partial charge in [0.05, 0.1) is 42.2 Å². The van der Waals surface area contributed by atoms with Crippen LogP contribution in [0.15, 0.2) is 81.0 Å². The number of aromatic nitrogens is 2. The minimum atomic E-state index is -3.96. The van der Waals surface area contributed by atoms with Crippen LogP contribution in [0.1, 0.15) is 10.4 Å².